The second-order valence-electron chi connectivity index (χ2n) is 10.8. The molecule has 2 unspecified atom stereocenters. The monoisotopic (exact) mass is 552 g/mol. The van der Waals surface area contributed by atoms with Crippen LogP contribution in [-0.4, -0.2) is 88.9 Å². The van der Waals surface area contributed by atoms with Crippen molar-refractivity contribution in [3.63, 3.8) is 0 Å². The molecule has 3 aliphatic rings. The zero-order valence-electron chi connectivity index (χ0n) is 22.5. The number of carbonyl (C=O) groups excluding carboxylic acids is 3. The van der Waals surface area contributed by atoms with Crippen LogP contribution >= 0.6 is 0 Å². The fourth-order valence-electron chi connectivity index (χ4n) is 6.88. The Kier molecular flexibility index (Phi) is 6.64. The highest BCUT2D eigenvalue weighted by molar-refractivity contribution is 6.25. The molecule has 6 N–H and O–H groups in total. The summed E-state index contributed by atoms with van der Waals surface area (Å²) in [5, 5.41) is 45.0. The number of nitrogens with two attached hydrogens (primary N) is 1. The summed E-state index contributed by atoms with van der Waals surface area (Å²) in [5.74, 6) is -6.76. The molecule has 11 heteroatoms. The summed E-state index contributed by atoms with van der Waals surface area (Å²) in [7, 11) is 6.26. The van der Waals surface area contributed by atoms with Gasteiger partial charge in [0.15, 0.2) is 11.4 Å². The number of likely N-dealkylation sites (N-methyl/N-ethyl adjacent to an activating group) is 1. The van der Waals surface area contributed by atoms with Gasteiger partial charge < -0.3 is 40.5 Å². The van der Waals surface area contributed by atoms with Crippen molar-refractivity contribution in [1.29, 1.82) is 0 Å². The van der Waals surface area contributed by atoms with Crippen LogP contribution in [0.3, 0.4) is 0 Å². The highest BCUT2D eigenvalue weighted by atomic mass is 16.5. The first-order chi connectivity index (χ1) is 18.9. The maximum Gasteiger partial charge on any atom is 0.230 e. The van der Waals surface area contributed by atoms with E-state index in [-0.39, 0.29) is 29.7 Å². The molecular formula is C29H32N2O9. The van der Waals surface area contributed by atoms with Gasteiger partial charge >= 0.3 is 0 Å². The Hall–Kier alpha value is -3.93. The lowest BCUT2D eigenvalue weighted by Gasteiger charge is -2.53. The Morgan fingerprint density at radius 1 is 1.07 bits per heavy atom. The predicted octanol–water partition coefficient (Wildman–Crippen LogP) is 0.813. The highest BCUT2D eigenvalue weighted by Gasteiger charge is 2.67. The number of hydrogen-bond donors (Lipinski definition) is 5. The van der Waals surface area contributed by atoms with Crippen molar-refractivity contribution in [1.82, 2.24) is 4.90 Å². The number of rotatable bonds is 5. The summed E-state index contributed by atoms with van der Waals surface area (Å²) >= 11 is 0. The molecule has 6 atom stereocenters. The average Bonchev–Trinajstić information content (AvgIpc) is 2.90. The fraction of sp³-hybridized carbons (Fsp3) is 0.414. The third-order valence-electron chi connectivity index (χ3n) is 8.67. The fourth-order valence-corrected chi connectivity index (χ4v) is 6.88. The molecule has 5 rings (SSSR count). The number of benzene rings is 2. The summed E-state index contributed by atoms with van der Waals surface area (Å²) in [4.78, 5) is 41.2. The predicted molar refractivity (Wildman–Crippen MR) is 143 cm³/mol. The van der Waals surface area contributed by atoms with Crippen LogP contribution in [0.2, 0.25) is 0 Å². The normalized spacial score (nSPS) is 29.5. The van der Waals surface area contributed by atoms with Crippen LogP contribution < -0.4 is 15.2 Å². The van der Waals surface area contributed by atoms with Gasteiger partial charge in [-0.1, -0.05) is 6.07 Å². The zero-order valence-corrected chi connectivity index (χ0v) is 22.5. The van der Waals surface area contributed by atoms with Crippen molar-refractivity contribution < 1.29 is 44.3 Å². The number of fused-ring (bicyclic) bond motifs is 3. The van der Waals surface area contributed by atoms with Crippen molar-refractivity contribution in [2.45, 2.75) is 30.6 Å². The summed E-state index contributed by atoms with van der Waals surface area (Å²) in [6.45, 7) is 0. The number of methoxy groups -OCH3 is 2. The second-order valence-corrected chi connectivity index (χ2v) is 10.8. The molecule has 3 aliphatic carbocycles. The largest absolute Gasteiger partial charge is 0.507 e. The molecule has 0 aliphatic heterocycles. The van der Waals surface area contributed by atoms with Gasteiger partial charge in [0.05, 0.1) is 25.9 Å². The number of nitrogens with zero attached hydrogens (tertiary/aromatic N) is 1. The molecule has 212 valence electrons. The first-order valence-corrected chi connectivity index (χ1v) is 12.8. The Morgan fingerprint density at radius 3 is 2.38 bits per heavy atom. The van der Waals surface area contributed by atoms with Gasteiger partial charge in [-0.15, -0.1) is 0 Å². The first kappa shape index (κ1) is 27.6. The minimum absolute atomic E-state index is 0.00271. The number of aliphatic hydroxyl groups excluding tert-OH is 2. The van der Waals surface area contributed by atoms with Gasteiger partial charge in [0.2, 0.25) is 11.7 Å². The molecule has 0 radical (unpaired) electrons. The van der Waals surface area contributed by atoms with Gasteiger partial charge in [0, 0.05) is 23.1 Å². The van der Waals surface area contributed by atoms with Crippen molar-refractivity contribution in [2.24, 2.45) is 23.5 Å². The number of aliphatic hydroxyl groups is 3. The lowest BCUT2D eigenvalue weighted by molar-refractivity contribution is -0.184. The summed E-state index contributed by atoms with van der Waals surface area (Å²) in [6, 6.07) is 7.32. The molecule has 1 amide bonds. The molecule has 0 bridgehead atoms. The van der Waals surface area contributed by atoms with E-state index in [0.29, 0.717) is 28.2 Å². The Balaban J connectivity index is 1.72. The van der Waals surface area contributed by atoms with Crippen LogP contribution in [0.15, 0.2) is 35.9 Å². The quantitative estimate of drug-likeness (QED) is 0.333. The van der Waals surface area contributed by atoms with E-state index in [1.54, 1.807) is 43.3 Å². The number of ketones is 2. The SMILES string of the molecule is COc1ccc(OC)c(-c2ccc(O)c3c2C[C@@H]2C[C@@H]4[C@@H](N(C)C)C(O)C(C(N)=O)C(=O)[C@]4(O)C(=O)C2=C3O)c1. The van der Waals surface area contributed by atoms with E-state index in [1.165, 1.54) is 20.3 Å². The highest BCUT2D eigenvalue weighted by Crippen LogP contribution is 2.53. The Bertz CT molecular complexity index is 1470. The van der Waals surface area contributed by atoms with Crippen LogP contribution in [0.4, 0.5) is 0 Å². The minimum Gasteiger partial charge on any atom is -0.507 e. The van der Waals surface area contributed by atoms with Gasteiger partial charge in [-0.3, -0.25) is 14.4 Å². The van der Waals surface area contributed by atoms with Crippen molar-refractivity contribution in [2.75, 3.05) is 28.3 Å². The number of phenols is 1. The van der Waals surface area contributed by atoms with E-state index in [0.717, 1.165) is 0 Å². The van der Waals surface area contributed by atoms with Crippen LogP contribution in [0.25, 0.3) is 16.9 Å². The zero-order chi connectivity index (χ0) is 29.3. The topological polar surface area (TPSA) is 180 Å². The second kappa shape index (κ2) is 9.61. The third-order valence-corrected chi connectivity index (χ3v) is 8.67. The van der Waals surface area contributed by atoms with E-state index >= 15 is 0 Å². The lowest BCUT2D eigenvalue weighted by Crippen LogP contribution is -2.73. The van der Waals surface area contributed by atoms with E-state index in [9.17, 15) is 34.8 Å². The number of primary amides is 1. The number of amides is 1. The van der Waals surface area contributed by atoms with Crippen LogP contribution in [-0.2, 0) is 20.8 Å². The van der Waals surface area contributed by atoms with Crippen LogP contribution in [0, 0.1) is 17.8 Å². The number of aromatic hydroxyl groups is 1. The van der Waals surface area contributed by atoms with Crippen LogP contribution in [0.1, 0.15) is 17.5 Å². The van der Waals surface area contributed by atoms with E-state index in [2.05, 4.69) is 0 Å². The Morgan fingerprint density at radius 2 is 1.77 bits per heavy atom. The van der Waals surface area contributed by atoms with Gasteiger partial charge in [0.25, 0.3) is 0 Å². The molecule has 0 saturated heterocycles. The number of carbonyl (C=O) groups is 3. The molecule has 2 fully saturated rings. The number of Topliss-reactive ketones (excluding diaryl/α,β-unsaturated/α-hetero) is 2. The molecule has 2 aromatic rings. The van der Waals surface area contributed by atoms with Gasteiger partial charge in [-0.05, 0) is 68.2 Å². The molecule has 0 heterocycles. The molecule has 2 aromatic carbocycles. The molecule has 40 heavy (non-hydrogen) atoms. The summed E-state index contributed by atoms with van der Waals surface area (Å²) in [5.41, 5.74) is 4.31. The molecular weight excluding hydrogens is 520 g/mol. The average molecular weight is 553 g/mol. The van der Waals surface area contributed by atoms with Gasteiger partial charge in [-0.2, -0.15) is 0 Å². The number of ether oxygens (including phenoxy) is 2. The summed E-state index contributed by atoms with van der Waals surface area (Å²) in [6.07, 6.45) is -1.35. The minimum atomic E-state index is -2.70. The van der Waals surface area contributed by atoms with Gasteiger partial charge in [-0.25, -0.2) is 0 Å². The van der Waals surface area contributed by atoms with E-state index in [4.69, 9.17) is 15.2 Å². The number of phenolic OH excluding ortho intramolecular Hbond substituents is 1. The van der Waals surface area contributed by atoms with E-state index < -0.39 is 58.7 Å². The smallest absolute Gasteiger partial charge is 0.230 e. The lowest BCUT2D eigenvalue weighted by atomic mass is 9.54. The van der Waals surface area contributed by atoms with E-state index in [1.807, 2.05) is 0 Å². The maximum absolute atomic E-state index is 14.0. The third kappa shape index (κ3) is 3.72. The van der Waals surface area contributed by atoms with Crippen molar-refractivity contribution in [3.8, 4) is 28.4 Å². The Labute approximate surface area is 230 Å². The standard InChI is InChI=1S/C29H32N2O9/c1-31(2)23-17-10-12-9-16-14(15-11-13(39-3)5-8-19(15)40-4)6-7-18(32)21(16)24(33)20(12)26(35)29(17,38)27(36)22(25(23)34)28(30)37/h5-8,11-12,17,22-23,25,32-34,38H,9-10H2,1-4H3,(H2,30,37)/t12-,17-,22?,23-,25?,29-/m1/s1. The maximum atomic E-state index is 14.0. The number of hydrogen-bond acceptors (Lipinski definition) is 10. The van der Waals surface area contributed by atoms with Gasteiger partial charge in [0.1, 0.15) is 28.9 Å². The van der Waals surface area contributed by atoms with Crippen molar-refractivity contribution in [3.05, 3.63) is 47.0 Å². The summed E-state index contributed by atoms with van der Waals surface area (Å²) < 4.78 is 10.9. The van der Waals surface area contributed by atoms with Crippen LogP contribution in [0.5, 0.6) is 17.2 Å². The molecule has 0 spiro atoms. The molecule has 0 aromatic heterocycles. The molecule has 2 saturated carbocycles. The molecule has 11 nitrogen and oxygen atoms in total. The first-order valence-electron chi connectivity index (χ1n) is 12.8. The van der Waals surface area contributed by atoms with Crippen molar-refractivity contribution >= 4 is 23.2 Å².